The van der Waals surface area contributed by atoms with Crippen LogP contribution in [-0.2, 0) is 4.74 Å². The maximum Gasteiger partial charge on any atom is 0.0594 e. The first-order valence-electron chi connectivity index (χ1n) is 3.80. The molecule has 1 aliphatic heterocycles. The number of ether oxygens (including phenoxy) is 1. The van der Waals surface area contributed by atoms with E-state index < -0.39 is 0 Å². The first-order chi connectivity index (χ1) is 4.74. The van der Waals surface area contributed by atoms with Gasteiger partial charge >= 0.3 is 0 Å². The van der Waals surface area contributed by atoms with Crippen molar-refractivity contribution in [2.24, 2.45) is 5.92 Å². The van der Waals surface area contributed by atoms with Gasteiger partial charge in [0.15, 0.2) is 0 Å². The Labute approximate surface area is 63.2 Å². The third-order valence-electron chi connectivity index (χ3n) is 2.10. The van der Waals surface area contributed by atoms with E-state index in [9.17, 15) is 0 Å². The lowest BCUT2D eigenvalue weighted by molar-refractivity contribution is 0.136. The Bertz CT molecular complexity index is 105. The predicted molar refractivity (Wildman–Crippen MR) is 41.5 cm³/mol. The molecular formula is C8H16NO-. The van der Waals surface area contributed by atoms with E-state index in [-0.39, 0.29) is 0 Å². The Morgan fingerprint density at radius 2 is 2.40 bits per heavy atom. The summed E-state index contributed by atoms with van der Waals surface area (Å²) < 4.78 is 5.06. The maximum absolute atomic E-state index is 5.06. The molecule has 0 aromatic rings. The van der Waals surface area contributed by atoms with Gasteiger partial charge in [-0.1, -0.05) is 6.92 Å². The third kappa shape index (κ3) is 1.70. The average Bonchev–Trinajstić information content (AvgIpc) is 2.13. The molecule has 0 radical (unpaired) electrons. The van der Waals surface area contributed by atoms with Crippen LogP contribution in [0.15, 0.2) is 0 Å². The van der Waals surface area contributed by atoms with Crippen molar-refractivity contribution in [1.82, 2.24) is 4.90 Å². The van der Waals surface area contributed by atoms with Crippen LogP contribution in [0.1, 0.15) is 13.3 Å². The SMILES string of the molecule is [CH2-]N1C[C@H](C)C[C@H]1COC. The zero-order valence-electron chi connectivity index (χ0n) is 6.84. The molecule has 0 aromatic carbocycles. The van der Waals surface area contributed by atoms with Gasteiger partial charge in [-0.3, -0.25) is 7.05 Å². The van der Waals surface area contributed by atoms with E-state index in [0.717, 1.165) is 19.1 Å². The van der Waals surface area contributed by atoms with E-state index >= 15 is 0 Å². The van der Waals surface area contributed by atoms with Crippen LogP contribution in [0.25, 0.3) is 0 Å². The molecule has 0 aromatic heterocycles. The molecule has 60 valence electrons. The Kier molecular flexibility index (Phi) is 2.69. The van der Waals surface area contributed by atoms with Crippen molar-refractivity contribution in [1.29, 1.82) is 0 Å². The second-order valence-electron chi connectivity index (χ2n) is 3.22. The molecule has 0 unspecified atom stereocenters. The fourth-order valence-corrected chi connectivity index (χ4v) is 1.60. The van der Waals surface area contributed by atoms with Crippen molar-refractivity contribution in [3.63, 3.8) is 0 Å². The van der Waals surface area contributed by atoms with Gasteiger partial charge in [0, 0.05) is 13.2 Å². The molecule has 1 rings (SSSR count). The summed E-state index contributed by atoms with van der Waals surface area (Å²) in [5, 5.41) is 0. The number of rotatable bonds is 2. The van der Waals surface area contributed by atoms with Crippen LogP contribution in [0.2, 0.25) is 0 Å². The van der Waals surface area contributed by atoms with Crippen LogP contribution in [0, 0.1) is 13.0 Å². The number of likely N-dealkylation sites (tertiary alicyclic amines) is 1. The molecule has 1 heterocycles. The number of methoxy groups -OCH3 is 1. The molecule has 2 nitrogen and oxygen atoms in total. The van der Waals surface area contributed by atoms with Crippen LogP contribution in [-0.4, -0.2) is 31.2 Å². The van der Waals surface area contributed by atoms with Crippen molar-refractivity contribution in [3.05, 3.63) is 7.05 Å². The third-order valence-corrected chi connectivity index (χ3v) is 2.10. The smallest absolute Gasteiger partial charge is 0.0594 e. The molecular weight excluding hydrogens is 126 g/mol. The zero-order valence-corrected chi connectivity index (χ0v) is 6.84. The second-order valence-corrected chi connectivity index (χ2v) is 3.22. The molecule has 0 amide bonds. The van der Waals surface area contributed by atoms with E-state index in [0.29, 0.717) is 6.04 Å². The summed E-state index contributed by atoms with van der Waals surface area (Å²) in [5.41, 5.74) is 0. The summed E-state index contributed by atoms with van der Waals surface area (Å²) in [6.45, 7) is 4.20. The standard InChI is InChI=1S/C8H16NO/c1-7-4-8(6-10-3)9(2)5-7/h7-8H,2,4-6H2,1,3H3/q-1/t7-,8+/m1/s1. The first-order valence-corrected chi connectivity index (χ1v) is 3.80. The quantitative estimate of drug-likeness (QED) is 0.536. The lowest BCUT2D eigenvalue weighted by Crippen LogP contribution is -2.26. The van der Waals surface area contributed by atoms with Crippen molar-refractivity contribution in [2.45, 2.75) is 19.4 Å². The monoisotopic (exact) mass is 142 g/mol. The van der Waals surface area contributed by atoms with Gasteiger partial charge in [0.1, 0.15) is 0 Å². The molecule has 10 heavy (non-hydrogen) atoms. The molecule has 2 atom stereocenters. The fraction of sp³-hybridized carbons (Fsp3) is 0.875. The van der Waals surface area contributed by atoms with Crippen molar-refractivity contribution >= 4 is 0 Å². The molecule has 0 aliphatic carbocycles. The molecule has 0 spiro atoms. The predicted octanol–water partition coefficient (Wildman–Crippen LogP) is 1.13. The van der Waals surface area contributed by atoms with Gasteiger partial charge < -0.3 is 9.64 Å². The van der Waals surface area contributed by atoms with Crippen LogP contribution in [0.5, 0.6) is 0 Å². The van der Waals surface area contributed by atoms with Gasteiger partial charge in [-0.05, 0) is 18.9 Å². The first kappa shape index (κ1) is 8.02. The lowest BCUT2D eigenvalue weighted by atomic mass is 10.1. The van der Waals surface area contributed by atoms with Gasteiger partial charge in [0.05, 0.1) is 6.61 Å². The van der Waals surface area contributed by atoms with E-state index in [2.05, 4.69) is 18.9 Å². The average molecular weight is 142 g/mol. The van der Waals surface area contributed by atoms with Crippen molar-refractivity contribution < 1.29 is 4.74 Å². The summed E-state index contributed by atoms with van der Waals surface area (Å²) in [6, 6.07) is 0.556. The summed E-state index contributed by atoms with van der Waals surface area (Å²) in [4.78, 5) is 2.13. The zero-order chi connectivity index (χ0) is 7.56. The summed E-state index contributed by atoms with van der Waals surface area (Å²) in [5.74, 6) is 0.789. The second kappa shape index (κ2) is 3.35. The number of hydrogen-bond acceptors (Lipinski definition) is 2. The van der Waals surface area contributed by atoms with Crippen LogP contribution >= 0.6 is 0 Å². The Hall–Kier alpha value is -0.0800. The highest BCUT2D eigenvalue weighted by atomic mass is 16.5. The highest BCUT2D eigenvalue weighted by Crippen LogP contribution is 2.21. The van der Waals surface area contributed by atoms with E-state index in [4.69, 9.17) is 4.74 Å². The van der Waals surface area contributed by atoms with Gasteiger partial charge in [-0.15, -0.1) is 0 Å². The van der Waals surface area contributed by atoms with Crippen molar-refractivity contribution in [2.75, 3.05) is 20.3 Å². The largest absolute Gasteiger partial charge is 0.454 e. The van der Waals surface area contributed by atoms with E-state index in [1.54, 1.807) is 7.11 Å². The van der Waals surface area contributed by atoms with Gasteiger partial charge in [-0.2, -0.15) is 0 Å². The van der Waals surface area contributed by atoms with Gasteiger partial charge in [0.2, 0.25) is 0 Å². The minimum Gasteiger partial charge on any atom is -0.454 e. The van der Waals surface area contributed by atoms with E-state index in [1.165, 1.54) is 6.42 Å². The normalized spacial score (nSPS) is 35.1. The Balaban J connectivity index is 2.31. The van der Waals surface area contributed by atoms with Gasteiger partial charge in [-0.25, -0.2) is 0 Å². The molecule has 1 fully saturated rings. The summed E-state index contributed by atoms with van der Waals surface area (Å²) in [7, 11) is 5.69. The molecule has 2 heteroatoms. The van der Waals surface area contributed by atoms with Crippen molar-refractivity contribution in [3.8, 4) is 0 Å². The van der Waals surface area contributed by atoms with Gasteiger partial charge in [0.25, 0.3) is 0 Å². The highest BCUT2D eigenvalue weighted by molar-refractivity contribution is 4.82. The van der Waals surface area contributed by atoms with Crippen LogP contribution in [0.4, 0.5) is 0 Å². The Morgan fingerprint density at radius 1 is 1.70 bits per heavy atom. The summed E-state index contributed by atoms with van der Waals surface area (Å²) in [6.07, 6.45) is 1.23. The Morgan fingerprint density at radius 3 is 2.80 bits per heavy atom. The molecule has 0 saturated carbocycles. The molecule has 0 N–H and O–H groups in total. The molecule has 1 saturated heterocycles. The summed E-state index contributed by atoms with van der Waals surface area (Å²) >= 11 is 0. The lowest BCUT2D eigenvalue weighted by Gasteiger charge is -2.25. The maximum atomic E-state index is 5.06. The topological polar surface area (TPSA) is 12.5 Å². The van der Waals surface area contributed by atoms with Crippen LogP contribution in [0.3, 0.4) is 0 Å². The van der Waals surface area contributed by atoms with E-state index in [1.807, 2.05) is 0 Å². The number of hydrogen-bond donors (Lipinski definition) is 0. The fourth-order valence-electron chi connectivity index (χ4n) is 1.60. The minimum absolute atomic E-state index is 0.556. The molecule has 1 aliphatic rings. The highest BCUT2D eigenvalue weighted by Gasteiger charge is 2.21. The van der Waals surface area contributed by atoms with Crippen LogP contribution < -0.4 is 0 Å². The molecule has 0 bridgehead atoms. The minimum atomic E-state index is 0.556. The number of nitrogens with zero attached hydrogens (tertiary/aromatic N) is 1.